The second kappa shape index (κ2) is 14.5. The van der Waals surface area contributed by atoms with Gasteiger partial charge in [0.2, 0.25) is 0 Å². The Morgan fingerprint density at radius 3 is 2.41 bits per heavy atom. The molecule has 0 spiro atoms. The Morgan fingerprint density at radius 1 is 1.09 bits per heavy atom. The van der Waals surface area contributed by atoms with Crippen molar-refractivity contribution in [2.45, 2.75) is 39.0 Å². The maximum atomic E-state index is 4.29. The van der Waals surface area contributed by atoms with Crippen molar-refractivity contribution in [2.24, 2.45) is 4.99 Å². The molecule has 0 unspecified atom stereocenters. The number of rotatable bonds is 9. The van der Waals surface area contributed by atoms with Crippen molar-refractivity contribution in [3.63, 3.8) is 0 Å². The van der Waals surface area contributed by atoms with Crippen LogP contribution >= 0.6 is 24.0 Å². The van der Waals surface area contributed by atoms with E-state index in [2.05, 4.69) is 39.4 Å². The SMILES string of the molecule is CCCCN(C)CCNC(=NC)NCCN1CCCCC1.I. The minimum Gasteiger partial charge on any atom is -0.355 e. The van der Waals surface area contributed by atoms with Crippen LogP contribution in [0.15, 0.2) is 4.99 Å². The number of nitrogens with zero attached hydrogens (tertiary/aromatic N) is 3. The van der Waals surface area contributed by atoms with E-state index in [1.165, 1.54) is 51.7 Å². The van der Waals surface area contributed by atoms with Crippen LogP contribution in [0.4, 0.5) is 0 Å². The van der Waals surface area contributed by atoms with Crippen molar-refractivity contribution in [2.75, 3.05) is 59.9 Å². The average Bonchev–Trinajstić information content (AvgIpc) is 2.52. The predicted octanol–water partition coefficient (Wildman–Crippen LogP) is 1.99. The predicted molar refractivity (Wildman–Crippen MR) is 107 cm³/mol. The zero-order chi connectivity index (χ0) is 15.3. The van der Waals surface area contributed by atoms with Gasteiger partial charge in [-0.05, 0) is 45.9 Å². The lowest BCUT2D eigenvalue weighted by atomic mass is 10.1. The van der Waals surface area contributed by atoms with Crippen LogP contribution in [0.3, 0.4) is 0 Å². The molecule has 0 aromatic carbocycles. The Morgan fingerprint density at radius 2 is 1.77 bits per heavy atom. The maximum absolute atomic E-state index is 4.29. The molecule has 0 saturated carbocycles. The molecule has 0 amide bonds. The highest BCUT2D eigenvalue weighted by atomic mass is 127. The summed E-state index contributed by atoms with van der Waals surface area (Å²) in [5.74, 6) is 0.927. The molecule has 5 nitrogen and oxygen atoms in total. The lowest BCUT2D eigenvalue weighted by Gasteiger charge is -2.26. The first-order chi connectivity index (χ1) is 10.3. The number of unbranched alkanes of at least 4 members (excludes halogenated alkanes) is 1. The fourth-order valence-electron chi connectivity index (χ4n) is 2.64. The number of piperidine rings is 1. The van der Waals surface area contributed by atoms with E-state index in [0.29, 0.717) is 0 Å². The van der Waals surface area contributed by atoms with Gasteiger partial charge in [-0.15, -0.1) is 24.0 Å². The third-order valence-electron chi connectivity index (χ3n) is 4.07. The van der Waals surface area contributed by atoms with Gasteiger partial charge < -0.3 is 20.4 Å². The Hall–Kier alpha value is -0.0800. The molecule has 2 N–H and O–H groups in total. The van der Waals surface area contributed by atoms with Crippen LogP contribution < -0.4 is 10.6 Å². The summed E-state index contributed by atoms with van der Waals surface area (Å²) in [4.78, 5) is 9.20. The lowest BCUT2D eigenvalue weighted by Crippen LogP contribution is -2.44. The summed E-state index contributed by atoms with van der Waals surface area (Å²) in [6, 6.07) is 0. The zero-order valence-corrected chi connectivity index (χ0v) is 17.1. The number of hydrogen-bond acceptors (Lipinski definition) is 3. The van der Waals surface area contributed by atoms with E-state index in [9.17, 15) is 0 Å². The molecule has 6 heteroatoms. The number of likely N-dealkylation sites (N-methyl/N-ethyl adjacent to an activating group) is 1. The quantitative estimate of drug-likeness (QED) is 0.337. The highest BCUT2D eigenvalue weighted by Crippen LogP contribution is 2.07. The van der Waals surface area contributed by atoms with E-state index in [4.69, 9.17) is 0 Å². The van der Waals surface area contributed by atoms with Crippen molar-refractivity contribution in [3.05, 3.63) is 0 Å². The van der Waals surface area contributed by atoms with Crippen LogP contribution in [0.1, 0.15) is 39.0 Å². The van der Waals surface area contributed by atoms with Gasteiger partial charge in [0.05, 0.1) is 0 Å². The van der Waals surface area contributed by atoms with E-state index in [1.807, 2.05) is 7.05 Å². The molecule has 1 heterocycles. The molecule has 22 heavy (non-hydrogen) atoms. The van der Waals surface area contributed by atoms with Gasteiger partial charge in [0.25, 0.3) is 0 Å². The molecule has 1 aliphatic rings. The van der Waals surface area contributed by atoms with Gasteiger partial charge in [0.15, 0.2) is 5.96 Å². The summed E-state index contributed by atoms with van der Waals surface area (Å²) in [7, 11) is 4.03. The smallest absolute Gasteiger partial charge is 0.191 e. The number of hydrogen-bond donors (Lipinski definition) is 2. The van der Waals surface area contributed by atoms with Gasteiger partial charge in [-0.25, -0.2) is 0 Å². The molecule has 0 bridgehead atoms. The normalized spacial score (nSPS) is 16.5. The molecular weight excluding hydrogens is 389 g/mol. The molecule has 132 valence electrons. The summed E-state index contributed by atoms with van der Waals surface area (Å²) < 4.78 is 0. The fraction of sp³-hybridized carbons (Fsp3) is 0.938. The van der Waals surface area contributed by atoms with Crippen LogP contribution in [0.25, 0.3) is 0 Å². The van der Waals surface area contributed by atoms with E-state index in [0.717, 1.165) is 32.1 Å². The van der Waals surface area contributed by atoms with Gasteiger partial charge in [0, 0.05) is 33.2 Å². The summed E-state index contributed by atoms with van der Waals surface area (Å²) in [6.45, 7) is 10.0. The van der Waals surface area contributed by atoms with E-state index in [1.54, 1.807) is 0 Å². The second-order valence-electron chi connectivity index (χ2n) is 5.98. The summed E-state index contributed by atoms with van der Waals surface area (Å²) in [6.07, 6.45) is 6.66. The minimum absolute atomic E-state index is 0. The molecule has 0 aromatic rings. The maximum Gasteiger partial charge on any atom is 0.191 e. The second-order valence-corrected chi connectivity index (χ2v) is 5.98. The van der Waals surface area contributed by atoms with Gasteiger partial charge in [-0.1, -0.05) is 19.8 Å². The number of nitrogens with one attached hydrogen (secondary N) is 2. The molecule has 0 aliphatic carbocycles. The lowest BCUT2D eigenvalue weighted by molar-refractivity contribution is 0.232. The third kappa shape index (κ3) is 10.6. The Bertz CT molecular complexity index is 280. The van der Waals surface area contributed by atoms with Gasteiger partial charge in [-0.3, -0.25) is 4.99 Å². The first-order valence-electron chi connectivity index (χ1n) is 8.61. The monoisotopic (exact) mass is 425 g/mol. The van der Waals surface area contributed by atoms with E-state index in [-0.39, 0.29) is 24.0 Å². The molecule has 0 atom stereocenters. The molecule has 1 saturated heterocycles. The van der Waals surface area contributed by atoms with E-state index >= 15 is 0 Å². The minimum atomic E-state index is 0. The number of aliphatic imine (C=N–C) groups is 1. The van der Waals surface area contributed by atoms with Crippen molar-refractivity contribution in [3.8, 4) is 0 Å². The molecule has 0 radical (unpaired) electrons. The first-order valence-corrected chi connectivity index (χ1v) is 8.61. The van der Waals surface area contributed by atoms with Crippen molar-refractivity contribution in [1.82, 2.24) is 20.4 Å². The van der Waals surface area contributed by atoms with Crippen LogP contribution in [0.5, 0.6) is 0 Å². The Balaban J connectivity index is 0.00000441. The van der Waals surface area contributed by atoms with E-state index < -0.39 is 0 Å². The molecule has 1 rings (SSSR count). The van der Waals surface area contributed by atoms with Crippen LogP contribution in [0, 0.1) is 0 Å². The largest absolute Gasteiger partial charge is 0.355 e. The topological polar surface area (TPSA) is 42.9 Å². The highest BCUT2D eigenvalue weighted by Gasteiger charge is 2.09. The molecular formula is C16H36IN5. The van der Waals surface area contributed by atoms with Crippen LogP contribution in [-0.2, 0) is 0 Å². The third-order valence-corrected chi connectivity index (χ3v) is 4.07. The van der Waals surface area contributed by atoms with Gasteiger partial charge in [0.1, 0.15) is 0 Å². The first kappa shape index (κ1) is 21.9. The van der Waals surface area contributed by atoms with Gasteiger partial charge in [-0.2, -0.15) is 0 Å². The van der Waals surface area contributed by atoms with Crippen molar-refractivity contribution >= 4 is 29.9 Å². The van der Waals surface area contributed by atoms with Gasteiger partial charge >= 0.3 is 0 Å². The summed E-state index contributed by atoms with van der Waals surface area (Å²) >= 11 is 0. The average molecular weight is 425 g/mol. The Labute approximate surface area is 154 Å². The van der Waals surface area contributed by atoms with Crippen LogP contribution in [-0.4, -0.2) is 75.7 Å². The summed E-state index contributed by atoms with van der Waals surface area (Å²) in [5, 5.41) is 6.81. The van der Waals surface area contributed by atoms with Crippen molar-refractivity contribution < 1.29 is 0 Å². The summed E-state index contributed by atoms with van der Waals surface area (Å²) in [5.41, 5.74) is 0. The van der Waals surface area contributed by atoms with Crippen LogP contribution in [0.2, 0.25) is 0 Å². The fourth-order valence-corrected chi connectivity index (χ4v) is 2.64. The number of likely N-dealkylation sites (tertiary alicyclic amines) is 1. The molecule has 1 aliphatic heterocycles. The number of halogens is 1. The molecule has 1 fully saturated rings. The standard InChI is InChI=1S/C16H35N5.HI/c1-4-5-11-20(3)14-9-18-16(17-2)19-10-15-21-12-7-6-8-13-21;/h4-15H2,1-3H3,(H2,17,18,19);1H. The Kier molecular flexibility index (Phi) is 14.5. The van der Waals surface area contributed by atoms with Crippen molar-refractivity contribution in [1.29, 1.82) is 0 Å². The number of guanidine groups is 1. The zero-order valence-electron chi connectivity index (χ0n) is 14.7. The highest BCUT2D eigenvalue weighted by molar-refractivity contribution is 14.0. The molecule has 0 aromatic heterocycles.